The van der Waals surface area contributed by atoms with Gasteiger partial charge in [0.05, 0.1) is 12.0 Å². The summed E-state index contributed by atoms with van der Waals surface area (Å²) < 4.78 is 5.36. The van der Waals surface area contributed by atoms with Gasteiger partial charge in [0.2, 0.25) is 0 Å². The SMILES string of the molecule is OCC1CCC(NCc2csc(-c3ccco3)n2)CC1. The second kappa shape index (κ2) is 6.52. The summed E-state index contributed by atoms with van der Waals surface area (Å²) >= 11 is 1.62. The first-order chi connectivity index (χ1) is 9.85. The van der Waals surface area contributed by atoms with Crippen molar-refractivity contribution in [3.8, 4) is 10.8 Å². The quantitative estimate of drug-likeness (QED) is 0.889. The lowest BCUT2D eigenvalue weighted by Crippen LogP contribution is -2.33. The molecule has 5 heteroatoms. The molecule has 0 aliphatic heterocycles. The summed E-state index contributed by atoms with van der Waals surface area (Å²) in [6, 6.07) is 4.38. The predicted octanol–water partition coefficient (Wildman–Crippen LogP) is 3.04. The van der Waals surface area contributed by atoms with Gasteiger partial charge in [-0.05, 0) is 43.7 Å². The normalized spacial score (nSPS) is 23.1. The van der Waals surface area contributed by atoms with Crippen LogP contribution in [0.2, 0.25) is 0 Å². The second-order valence-electron chi connectivity index (χ2n) is 5.40. The third-order valence-corrected chi connectivity index (χ3v) is 4.87. The van der Waals surface area contributed by atoms with Crippen LogP contribution in [0, 0.1) is 5.92 Å². The van der Waals surface area contributed by atoms with E-state index in [0.29, 0.717) is 18.6 Å². The number of hydrogen-bond acceptors (Lipinski definition) is 5. The van der Waals surface area contributed by atoms with E-state index in [-0.39, 0.29) is 0 Å². The number of nitrogens with one attached hydrogen (secondary N) is 1. The van der Waals surface area contributed by atoms with Crippen LogP contribution in [-0.4, -0.2) is 22.7 Å². The minimum absolute atomic E-state index is 0.339. The Kier molecular flexibility index (Phi) is 4.50. The standard InChI is InChI=1S/C15H20N2O2S/c18-9-11-3-5-12(6-4-11)16-8-13-10-20-15(17-13)14-2-1-7-19-14/h1-2,7,10-12,16,18H,3-6,8-9H2. The van der Waals surface area contributed by atoms with E-state index >= 15 is 0 Å². The van der Waals surface area contributed by atoms with Gasteiger partial charge in [-0.2, -0.15) is 0 Å². The number of aromatic nitrogens is 1. The Balaban J connectivity index is 1.50. The van der Waals surface area contributed by atoms with Gasteiger partial charge < -0.3 is 14.8 Å². The molecule has 2 N–H and O–H groups in total. The Morgan fingerprint density at radius 1 is 1.35 bits per heavy atom. The fourth-order valence-electron chi connectivity index (χ4n) is 2.70. The molecule has 0 saturated heterocycles. The summed E-state index contributed by atoms with van der Waals surface area (Å²) in [6.07, 6.45) is 6.24. The molecule has 1 fully saturated rings. The molecule has 20 heavy (non-hydrogen) atoms. The largest absolute Gasteiger partial charge is 0.462 e. The van der Waals surface area contributed by atoms with E-state index in [2.05, 4.69) is 15.7 Å². The number of thiazole rings is 1. The van der Waals surface area contributed by atoms with Crippen LogP contribution in [-0.2, 0) is 6.54 Å². The van der Waals surface area contributed by atoms with Crippen molar-refractivity contribution in [2.75, 3.05) is 6.61 Å². The molecule has 1 aliphatic carbocycles. The molecule has 0 spiro atoms. The molecule has 1 aliphatic rings. The molecule has 0 amide bonds. The van der Waals surface area contributed by atoms with E-state index in [9.17, 15) is 0 Å². The van der Waals surface area contributed by atoms with E-state index in [0.717, 1.165) is 48.7 Å². The van der Waals surface area contributed by atoms with E-state index in [1.165, 1.54) is 0 Å². The van der Waals surface area contributed by atoms with Crippen molar-refractivity contribution in [2.45, 2.75) is 38.3 Å². The summed E-state index contributed by atoms with van der Waals surface area (Å²) in [7, 11) is 0. The summed E-state index contributed by atoms with van der Waals surface area (Å²) in [5.74, 6) is 1.35. The second-order valence-corrected chi connectivity index (χ2v) is 6.26. The van der Waals surface area contributed by atoms with Gasteiger partial charge >= 0.3 is 0 Å². The van der Waals surface area contributed by atoms with Gasteiger partial charge in [0.15, 0.2) is 10.8 Å². The number of aliphatic hydroxyl groups is 1. The summed E-state index contributed by atoms with van der Waals surface area (Å²) in [5.41, 5.74) is 1.07. The Bertz CT molecular complexity index is 516. The lowest BCUT2D eigenvalue weighted by Gasteiger charge is -2.27. The maximum Gasteiger partial charge on any atom is 0.162 e. The number of rotatable bonds is 5. The van der Waals surface area contributed by atoms with Gasteiger partial charge in [-0.25, -0.2) is 4.98 Å². The van der Waals surface area contributed by atoms with Crippen LogP contribution in [0.1, 0.15) is 31.4 Å². The third-order valence-electron chi connectivity index (χ3n) is 3.96. The highest BCUT2D eigenvalue weighted by molar-refractivity contribution is 7.13. The first kappa shape index (κ1) is 13.8. The first-order valence-electron chi connectivity index (χ1n) is 7.17. The molecule has 0 aromatic carbocycles. The smallest absolute Gasteiger partial charge is 0.162 e. The maximum atomic E-state index is 9.14. The Morgan fingerprint density at radius 2 is 2.20 bits per heavy atom. The average molecular weight is 292 g/mol. The lowest BCUT2D eigenvalue weighted by atomic mass is 9.86. The van der Waals surface area contributed by atoms with E-state index in [1.807, 2.05) is 12.1 Å². The van der Waals surface area contributed by atoms with E-state index in [1.54, 1.807) is 17.6 Å². The van der Waals surface area contributed by atoms with Crippen LogP contribution in [0.3, 0.4) is 0 Å². The summed E-state index contributed by atoms with van der Waals surface area (Å²) in [4.78, 5) is 4.59. The van der Waals surface area contributed by atoms with Crippen LogP contribution < -0.4 is 5.32 Å². The number of furan rings is 1. The highest BCUT2D eigenvalue weighted by Gasteiger charge is 2.20. The zero-order valence-electron chi connectivity index (χ0n) is 11.4. The molecule has 0 atom stereocenters. The molecule has 4 nitrogen and oxygen atoms in total. The molecule has 108 valence electrons. The van der Waals surface area contributed by atoms with Crippen molar-refractivity contribution in [2.24, 2.45) is 5.92 Å². The van der Waals surface area contributed by atoms with Gasteiger partial charge in [0.25, 0.3) is 0 Å². The fourth-order valence-corrected chi connectivity index (χ4v) is 3.49. The molecule has 0 unspecified atom stereocenters. The molecule has 3 rings (SSSR count). The summed E-state index contributed by atoms with van der Waals surface area (Å²) in [6.45, 7) is 1.15. The van der Waals surface area contributed by atoms with Crippen LogP contribution >= 0.6 is 11.3 Å². The van der Waals surface area contributed by atoms with Gasteiger partial charge in [-0.1, -0.05) is 0 Å². The monoisotopic (exact) mass is 292 g/mol. The van der Waals surface area contributed by atoms with Gasteiger partial charge in [-0.3, -0.25) is 0 Å². The zero-order valence-corrected chi connectivity index (χ0v) is 12.2. The van der Waals surface area contributed by atoms with Crippen molar-refractivity contribution in [3.05, 3.63) is 29.5 Å². The van der Waals surface area contributed by atoms with Crippen molar-refractivity contribution in [3.63, 3.8) is 0 Å². The molecular formula is C15H20N2O2S. The number of nitrogens with zero attached hydrogens (tertiary/aromatic N) is 1. The highest BCUT2D eigenvalue weighted by atomic mass is 32.1. The third kappa shape index (κ3) is 3.29. The zero-order chi connectivity index (χ0) is 13.8. The fraction of sp³-hybridized carbons (Fsp3) is 0.533. The van der Waals surface area contributed by atoms with E-state index in [4.69, 9.17) is 9.52 Å². The number of aliphatic hydroxyl groups excluding tert-OH is 1. The van der Waals surface area contributed by atoms with Crippen molar-refractivity contribution in [1.82, 2.24) is 10.3 Å². The van der Waals surface area contributed by atoms with E-state index < -0.39 is 0 Å². The lowest BCUT2D eigenvalue weighted by molar-refractivity contribution is 0.175. The van der Waals surface area contributed by atoms with Crippen molar-refractivity contribution in [1.29, 1.82) is 0 Å². The molecule has 2 aromatic heterocycles. The van der Waals surface area contributed by atoms with Crippen molar-refractivity contribution < 1.29 is 9.52 Å². The van der Waals surface area contributed by atoms with Gasteiger partial charge in [0, 0.05) is 24.6 Å². The topological polar surface area (TPSA) is 58.3 Å². The van der Waals surface area contributed by atoms with Crippen LogP contribution in [0.5, 0.6) is 0 Å². The van der Waals surface area contributed by atoms with Gasteiger partial charge in [-0.15, -0.1) is 11.3 Å². The Labute approximate surface area is 122 Å². The highest BCUT2D eigenvalue weighted by Crippen LogP contribution is 2.25. The van der Waals surface area contributed by atoms with Crippen LogP contribution in [0.25, 0.3) is 10.8 Å². The minimum Gasteiger partial charge on any atom is -0.462 e. The molecule has 0 bridgehead atoms. The first-order valence-corrected chi connectivity index (χ1v) is 8.05. The predicted molar refractivity (Wildman–Crippen MR) is 79.5 cm³/mol. The molecule has 2 heterocycles. The Hall–Kier alpha value is -1.17. The maximum absolute atomic E-state index is 9.14. The molecule has 0 radical (unpaired) electrons. The molecular weight excluding hydrogens is 272 g/mol. The molecule has 2 aromatic rings. The van der Waals surface area contributed by atoms with Crippen molar-refractivity contribution >= 4 is 11.3 Å². The Morgan fingerprint density at radius 3 is 2.90 bits per heavy atom. The molecule has 1 saturated carbocycles. The average Bonchev–Trinajstić information content (AvgIpc) is 3.16. The van der Waals surface area contributed by atoms with Gasteiger partial charge in [0.1, 0.15) is 0 Å². The van der Waals surface area contributed by atoms with Crippen LogP contribution in [0.4, 0.5) is 0 Å². The van der Waals surface area contributed by atoms with Crippen LogP contribution in [0.15, 0.2) is 28.2 Å². The number of hydrogen-bond donors (Lipinski definition) is 2. The summed E-state index contributed by atoms with van der Waals surface area (Å²) in [5, 5.41) is 15.7. The minimum atomic E-state index is 0.339.